The summed E-state index contributed by atoms with van der Waals surface area (Å²) in [6, 6.07) is 12.3. The van der Waals surface area contributed by atoms with Crippen LogP contribution in [-0.4, -0.2) is 5.33 Å². The molecular weight excluding hydrogens is 356 g/mol. The minimum absolute atomic E-state index is 0.247. The van der Waals surface area contributed by atoms with Crippen molar-refractivity contribution >= 4 is 31.9 Å². The highest BCUT2D eigenvalue weighted by Gasteiger charge is 2.45. The molecule has 0 saturated heterocycles. The minimum atomic E-state index is -0.247. The van der Waals surface area contributed by atoms with Crippen molar-refractivity contribution in [1.29, 1.82) is 0 Å². The van der Waals surface area contributed by atoms with Gasteiger partial charge >= 0.3 is 4.57 Å². The van der Waals surface area contributed by atoms with Gasteiger partial charge < -0.3 is 0 Å². The first-order valence-electron chi connectivity index (χ1n) is 5.96. The zero-order chi connectivity index (χ0) is 12.8. The largest absolute Gasteiger partial charge is 0.415 e. The third kappa shape index (κ3) is 2.98. The number of pyridine rings is 2. The van der Waals surface area contributed by atoms with Crippen molar-refractivity contribution in [2.75, 3.05) is 5.33 Å². The smallest absolute Gasteiger partial charge is 0.132 e. The molecule has 2 nitrogen and oxygen atoms in total. The summed E-state index contributed by atoms with van der Waals surface area (Å²) >= 11 is 7.42. The first-order chi connectivity index (χ1) is 8.77. The Kier molecular flexibility index (Phi) is 4.89. The maximum Gasteiger partial charge on any atom is 0.415 e. The lowest BCUT2D eigenvalue weighted by molar-refractivity contribution is -0.962. The van der Waals surface area contributed by atoms with Gasteiger partial charge in [0, 0.05) is 29.6 Å². The van der Waals surface area contributed by atoms with Gasteiger partial charge in [0.15, 0.2) is 24.8 Å². The molecule has 2 rings (SSSR count). The van der Waals surface area contributed by atoms with Gasteiger partial charge in [-0.2, -0.15) is 0 Å². The van der Waals surface area contributed by atoms with Crippen molar-refractivity contribution in [2.24, 2.45) is 0 Å². The number of rotatable bonds is 5. The predicted molar refractivity (Wildman–Crippen MR) is 78.6 cm³/mol. The van der Waals surface area contributed by atoms with Gasteiger partial charge in [0.05, 0.1) is 22.4 Å². The summed E-state index contributed by atoms with van der Waals surface area (Å²) in [6.07, 6.45) is 10.4. The van der Waals surface area contributed by atoms with E-state index in [1.165, 1.54) is 0 Å². The second-order valence-corrected chi connectivity index (χ2v) is 6.14. The molecule has 0 atom stereocenters. The van der Waals surface area contributed by atoms with E-state index in [0.717, 1.165) is 18.2 Å². The summed E-state index contributed by atoms with van der Waals surface area (Å²) in [4.78, 5) is 0. The Labute approximate surface area is 125 Å². The van der Waals surface area contributed by atoms with E-state index in [0.29, 0.717) is 0 Å². The Morgan fingerprint density at radius 1 is 0.778 bits per heavy atom. The third-order valence-electron chi connectivity index (χ3n) is 2.85. The summed E-state index contributed by atoms with van der Waals surface area (Å²) in [5.74, 6) is 0. The Morgan fingerprint density at radius 2 is 1.22 bits per heavy atom. The van der Waals surface area contributed by atoms with E-state index in [1.54, 1.807) is 0 Å². The van der Waals surface area contributed by atoms with E-state index in [1.807, 2.05) is 36.4 Å². The predicted octanol–water partition coefficient (Wildman–Crippen LogP) is 2.99. The van der Waals surface area contributed by atoms with Gasteiger partial charge in [-0.15, -0.1) is 9.13 Å². The lowest BCUT2D eigenvalue weighted by Crippen LogP contribution is -2.69. The van der Waals surface area contributed by atoms with Crippen molar-refractivity contribution in [1.82, 2.24) is 0 Å². The number of nitrogens with zero attached hydrogens (tertiary/aromatic N) is 2. The van der Waals surface area contributed by atoms with Gasteiger partial charge in [0.2, 0.25) is 0 Å². The number of alkyl halides is 2. The lowest BCUT2D eigenvalue weighted by atomic mass is 10.2. The molecule has 0 spiro atoms. The summed E-state index contributed by atoms with van der Waals surface area (Å²) in [5, 5.41) is 1.00. The van der Waals surface area contributed by atoms with Crippen molar-refractivity contribution in [3.05, 3.63) is 61.2 Å². The van der Waals surface area contributed by atoms with E-state index < -0.39 is 0 Å². The van der Waals surface area contributed by atoms with Gasteiger partial charge in [0.25, 0.3) is 0 Å². The molecule has 0 N–H and O–H groups in total. The van der Waals surface area contributed by atoms with Crippen molar-refractivity contribution in [3.8, 4) is 0 Å². The summed E-state index contributed by atoms with van der Waals surface area (Å²) in [6.45, 7) is 0. The van der Waals surface area contributed by atoms with Crippen LogP contribution in [0.1, 0.15) is 12.8 Å². The third-order valence-corrected chi connectivity index (χ3v) is 4.63. The molecule has 2 aromatic rings. The Morgan fingerprint density at radius 3 is 1.61 bits per heavy atom. The molecule has 0 bridgehead atoms. The molecule has 18 heavy (non-hydrogen) atoms. The molecule has 0 fully saturated rings. The van der Waals surface area contributed by atoms with Gasteiger partial charge in [0.1, 0.15) is 0 Å². The summed E-state index contributed by atoms with van der Waals surface area (Å²) < 4.78 is 4.13. The molecule has 4 heteroatoms. The second kappa shape index (κ2) is 6.43. The molecule has 0 aliphatic rings. The Hall–Kier alpha value is -0.740. The number of hydrogen-bond donors (Lipinski definition) is 0. The molecular formula is C14H16Br2N2+2. The van der Waals surface area contributed by atoms with E-state index >= 15 is 0 Å². The van der Waals surface area contributed by atoms with Crippen LogP contribution >= 0.6 is 31.9 Å². The maximum absolute atomic E-state index is 3.91. The monoisotopic (exact) mass is 370 g/mol. The quantitative estimate of drug-likeness (QED) is 0.563. The number of aromatic nitrogens is 2. The van der Waals surface area contributed by atoms with Crippen LogP contribution in [0.25, 0.3) is 0 Å². The van der Waals surface area contributed by atoms with Gasteiger partial charge in [-0.25, -0.2) is 0 Å². The molecule has 0 aliphatic heterocycles. The Bertz CT molecular complexity index is 434. The molecule has 0 aliphatic carbocycles. The van der Waals surface area contributed by atoms with Gasteiger partial charge in [-0.3, -0.25) is 0 Å². The SMILES string of the molecule is BrCCCC(Br)([n+]1ccccc1)[n+]1ccccc1. The second-order valence-electron chi connectivity index (χ2n) is 4.08. The average Bonchev–Trinajstić information content (AvgIpc) is 2.46. The van der Waals surface area contributed by atoms with E-state index in [4.69, 9.17) is 0 Å². The number of hydrogen-bond acceptors (Lipinski definition) is 0. The molecule has 0 saturated carbocycles. The van der Waals surface area contributed by atoms with Crippen LogP contribution in [0.4, 0.5) is 0 Å². The number of halogens is 2. The van der Waals surface area contributed by atoms with Crippen LogP contribution in [0.15, 0.2) is 61.2 Å². The first-order valence-corrected chi connectivity index (χ1v) is 7.87. The van der Waals surface area contributed by atoms with E-state index in [2.05, 4.69) is 65.8 Å². The maximum atomic E-state index is 3.91. The van der Waals surface area contributed by atoms with Gasteiger partial charge in [-0.1, -0.05) is 28.1 Å². The fourth-order valence-corrected chi connectivity index (χ4v) is 2.97. The molecule has 0 aromatic carbocycles. The zero-order valence-electron chi connectivity index (χ0n) is 10.0. The fraction of sp³-hybridized carbons (Fsp3) is 0.286. The topological polar surface area (TPSA) is 7.76 Å². The highest BCUT2D eigenvalue weighted by Crippen LogP contribution is 2.20. The highest BCUT2D eigenvalue weighted by atomic mass is 79.9. The first kappa shape index (κ1) is 13.7. The van der Waals surface area contributed by atoms with Crippen LogP contribution in [0, 0.1) is 0 Å². The summed E-state index contributed by atoms with van der Waals surface area (Å²) in [5.41, 5.74) is 0. The van der Waals surface area contributed by atoms with Gasteiger partial charge in [-0.05, 0) is 6.42 Å². The molecule has 0 amide bonds. The highest BCUT2D eigenvalue weighted by molar-refractivity contribution is 9.09. The zero-order valence-corrected chi connectivity index (χ0v) is 13.2. The van der Waals surface area contributed by atoms with Crippen LogP contribution in [0.5, 0.6) is 0 Å². The van der Waals surface area contributed by atoms with Crippen LogP contribution in [-0.2, 0) is 4.57 Å². The van der Waals surface area contributed by atoms with E-state index in [9.17, 15) is 0 Å². The standard InChI is InChI=1S/C14H16Br2N2/c15-9-7-8-14(16,17-10-3-1-4-11-17)18-12-5-2-6-13-18/h1-6,10-13H,7-9H2/q+2. The Balaban J connectivity index is 2.41. The molecule has 2 aromatic heterocycles. The lowest BCUT2D eigenvalue weighted by Gasteiger charge is -2.16. The summed E-state index contributed by atoms with van der Waals surface area (Å²) in [7, 11) is 0. The van der Waals surface area contributed by atoms with Crippen molar-refractivity contribution < 1.29 is 9.13 Å². The van der Waals surface area contributed by atoms with Crippen molar-refractivity contribution in [3.63, 3.8) is 0 Å². The van der Waals surface area contributed by atoms with Crippen molar-refractivity contribution in [2.45, 2.75) is 17.4 Å². The molecule has 94 valence electrons. The van der Waals surface area contributed by atoms with E-state index in [-0.39, 0.29) is 4.57 Å². The van der Waals surface area contributed by atoms with Crippen LogP contribution in [0.2, 0.25) is 0 Å². The fourth-order valence-electron chi connectivity index (χ4n) is 1.94. The molecule has 0 unspecified atom stereocenters. The van der Waals surface area contributed by atoms with Crippen LogP contribution in [0.3, 0.4) is 0 Å². The average molecular weight is 372 g/mol. The molecule has 2 heterocycles. The normalized spacial score (nSPS) is 11.4. The molecule has 0 radical (unpaired) electrons. The van der Waals surface area contributed by atoms with Crippen LogP contribution < -0.4 is 9.13 Å². The minimum Gasteiger partial charge on any atom is -0.132 e.